The summed E-state index contributed by atoms with van der Waals surface area (Å²) in [6.45, 7) is 1.74. The highest BCUT2D eigenvalue weighted by Gasteiger charge is 2.38. The van der Waals surface area contributed by atoms with E-state index in [1.54, 1.807) is 6.92 Å². The van der Waals surface area contributed by atoms with E-state index in [4.69, 9.17) is 0 Å². The van der Waals surface area contributed by atoms with Crippen LogP contribution in [0.15, 0.2) is 0 Å². The summed E-state index contributed by atoms with van der Waals surface area (Å²) in [5, 5.41) is 0. The molecule has 1 nitrogen and oxygen atoms in total. The fourth-order valence-electron chi connectivity index (χ4n) is 0.301. The first-order valence-corrected chi connectivity index (χ1v) is 3.88. The third-order valence-corrected chi connectivity index (χ3v) is 1.53. The third-order valence-electron chi connectivity index (χ3n) is 0.753. The number of hydrogen-bond donors (Lipinski definition) is 0. The van der Waals surface area contributed by atoms with E-state index in [-0.39, 0.29) is 6.61 Å². The van der Waals surface area contributed by atoms with Crippen LogP contribution in [0.4, 0.5) is 13.2 Å². The molecule has 10 heavy (non-hydrogen) atoms. The van der Waals surface area contributed by atoms with Gasteiger partial charge < -0.3 is 4.74 Å². The van der Waals surface area contributed by atoms with Gasteiger partial charge in [0.2, 0.25) is 0 Å². The quantitative estimate of drug-likeness (QED) is 0.562. The van der Waals surface area contributed by atoms with Crippen LogP contribution >= 0.6 is 22.6 Å². The Morgan fingerprint density at radius 2 is 2.10 bits per heavy atom. The maximum atomic E-state index is 12.4. The summed E-state index contributed by atoms with van der Waals surface area (Å²) in [6, 6.07) is 0. The Labute approximate surface area is 71.1 Å². The van der Waals surface area contributed by atoms with Crippen molar-refractivity contribution in [2.45, 2.75) is 23.6 Å². The molecule has 0 fully saturated rings. The van der Waals surface area contributed by atoms with Gasteiger partial charge in [0.1, 0.15) is 0 Å². The Hall–Kier alpha value is 0.480. The highest BCUT2D eigenvalue weighted by Crippen LogP contribution is 2.29. The monoisotopic (exact) mass is 268 g/mol. The summed E-state index contributed by atoms with van der Waals surface area (Å²) in [4.78, 5) is 0. The summed E-state index contributed by atoms with van der Waals surface area (Å²) in [5.74, 6) is 0. The summed E-state index contributed by atoms with van der Waals surface area (Å²) in [6.07, 6.45) is -2.55. The van der Waals surface area contributed by atoms with Gasteiger partial charge in [0.15, 0.2) is 0 Å². The summed E-state index contributed by atoms with van der Waals surface area (Å²) in [5.41, 5.74) is 0. The maximum Gasteiger partial charge on any atom is 0.321 e. The first-order valence-electron chi connectivity index (χ1n) is 2.80. The lowest BCUT2D eigenvalue weighted by molar-refractivity contribution is -0.142. The second kappa shape index (κ2) is 4.38. The molecule has 0 heterocycles. The van der Waals surface area contributed by atoms with Crippen LogP contribution in [0.3, 0.4) is 0 Å². The molecule has 0 amide bonds. The van der Waals surface area contributed by atoms with E-state index in [0.29, 0.717) is 6.42 Å². The zero-order chi connectivity index (χ0) is 8.20. The predicted molar refractivity (Wildman–Crippen MR) is 40.1 cm³/mol. The van der Waals surface area contributed by atoms with E-state index < -0.39 is 10.3 Å². The van der Waals surface area contributed by atoms with Gasteiger partial charge in [0.05, 0.1) is 6.61 Å². The molecule has 62 valence electrons. The molecule has 0 aromatic carbocycles. The van der Waals surface area contributed by atoms with Gasteiger partial charge in [-0.1, -0.05) is 6.92 Å². The van der Waals surface area contributed by atoms with Gasteiger partial charge in [-0.2, -0.15) is 4.39 Å². The Morgan fingerprint density at radius 3 is 2.40 bits per heavy atom. The van der Waals surface area contributed by atoms with Gasteiger partial charge in [0.25, 0.3) is 0 Å². The van der Waals surface area contributed by atoms with Crippen molar-refractivity contribution in [2.24, 2.45) is 0 Å². The number of rotatable bonds is 4. The number of hydrogen-bond acceptors (Lipinski definition) is 1. The van der Waals surface area contributed by atoms with Crippen molar-refractivity contribution in [3.63, 3.8) is 0 Å². The molecule has 5 heteroatoms. The predicted octanol–water partition coefficient (Wildman–Crippen LogP) is 2.74. The minimum Gasteiger partial charge on any atom is -0.334 e. The first-order chi connectivity index (χ1) is 4.50. The molecule has 1 atom stereocenters. The molecular formula is C5H8F3IO. The van der Waals surface area contributed by atoms with Crippen LogP contribution in [0.1, 0.15) is 13.3 Å². The van der Waals surface area contributed by atoms with Crippen LogP contribution in [0, 0.1) is 0 Å². The highest BCUT2D eigenvalue weighted by atomic mass is 127. The average Bonchev–Trinajstić information content (AvgIpc) is 1.84. The fourth-order valence-corrected chi connectivity index (χ4v) is 0.521. The lowest BCUT2D eigenvalue weighted by Gasteiger charge is -2.16. The number of halogens is 4. The van der Waals surface area contributed by atoms with Gasteiger partial charge in [0, 0.05) is 0 Å². The molecule has 0 aliphatic carbocycles. The molecule has 0 saturated carbocycles. The highest BCUT2D eigenvalue weighted by molar-refractivity contribution is 14.1. The SMILES string of the molecule is CCCOC(F)(I)C(F)F. The van der Waals surface area contributed by atoms with Crippen LogP contribution < -0.4 is 0 Å². The second-order valence-corrected chi connectivity index (χ2v) is 3.18. The van der Waals surface area contributed by atoms with Crippen LogP contribution in [0.5, 0.6) is 0 Å². The van der Waals surface area contributed by atoms with Crippen molar-refractivity contribution in [1.29, 1.82) is 0 Å². The first kappa shape index (κ1) is 10.5. The summed E-state index contributed by atoms with van der Waals surface area (Å²) < 4.78 is 37.1. The lowest BCUT2D eigenvalue weighted by Crippen LogP contribution is -2.28. The number of ether oxygens (including phenoxy) is 1. The molecular weight excluding hydrogens is 260 g/mol. The smallest absolute Gasteiger partial charge is 0.321 e. The molecule has 0 radical (unpaired) electrons. The van der Waals surface area contributed by atoms with Gasteiger partial charge in [-0.3, -0.25) is 0 Å². The third kappa shape index (κ3) is 3.60. The van der Waals surface area contributed by atoms with Crippen LogP contribution in [-0.2, 0) is 4.74 Å². The largest absolute Gasteiger partial charge is 0.334 e. The van der Waals surface area contributed by atoms with Crippen molar-refractivity contribution in [2.75, 3.05) is 6.61 Å². The van der Waals surface area contributed by atoms with E-state index in [0.717, 1.165) is 22.6 Å². The van der Waals surface area contributed by atoms with Crippen LogP contribution in [-0.4, -0.2) is 16.9 Å². The molecule has 0 aromatic heterocycles. The fraction of sp³-hybridized carbons (Fsp3) is 1.00. The molecule has 0 aromatic rings. The van der Waals surface area contributed by atoms with Gasteiger partial charge in [-0.05, 0) is 29.0 Å². The van der Waals surface area contributed by atoms with Crippen molar-refractivity contribution in [3.05, 3.63) is 0 Å². The molecule has 0 rings (SSSR count). The van der Waals surface area contributed by atoms with Crippen LogP contribution in [0.2, 0.25) is 0 Å². The molecule has 1 unspecified atom stereocenters. The molecule has 0 saturated heterocycles. The average molecular weight is 268 g/mol. The summed E-state index contributed by atoms with van der Waals surface area (Å²) in [7, 11) is 0. The zero-order valence-electron chi connectivity index (χ0n) is 5.41. The molecule has 0 aliphatic rings. The molecule has 0 spiro atoms. The van der Waals surface area contributed by atoms with Crippen molar-refractivity contribution < 1.29 is 17.9 Å². The van der Waals surface area contributed by atoms with Crippen LogP contribution in [0.25, 0.3) is 0 Å². The molecule has 0 bridgehead atoms. The Kier molecular flexibility index (Phi) is 4.59. The van der Waals surface area contributed by atoms with Crippen molar-refractivity contribution in [3.8, 4) is 0 Å². The number of alkyl halides is 4. The normalized spacial score (nSPS) is 17.4. The van der Waals surface area contributed by atoms with E-state index in [1.165, 1.54) is 0 Å². The summed E-state index contributed by atoms with van der Waals surface area (Å²) >= 11 is 0.950. The minimum atomic E-state index is -3.08. The van der Waals surface area contributed by atoms with Gasteiger partial charge >= 0.3 is 10.3 Å². The Balaban J connectivity index is 3.63. The molecule has 0 N–H and O–H groups in total. The van der Waals surface area contributed by atoms with E-state index in [9.17, 15) is 13.2 Å². The lowest BCUT2D eigenvalue weighted by atomic mass is 10.5. The van der Waals surface area contributed by atoms with E-state index in [1.807, 2.05) is 0 Å². The minimum absolute atomic E-state index is 0.0176. The Morgan fingerprint density at radius 1 is 1.60 bits per heavy atom. The molecule has 0 aliphatic heterocycles. The van der Waals surface area contributed by atoms with Gasteiger partial charge in [-0.15, -0.1) is 0 Å². The Bertz CT molecular complexity index is 96.9. The topological polar surface area (TPSA) is 9.23 Å². The second-order valence-electron chi connectivity index (χ2n) is 1.71. The van der Waals surface area contributed by atoms with E-state index >= 15 is 0 Å². The van der Waals surface area contributed by atoms with Gasteiger partial charge in [-0.25, -0.2) is 8.78 Å². The van der Waals surface area contributed by atoms with E-state index in [2.05, 4.69) is 4.74 Å². The maximum absolute atomic E-state index is 12.4. The van der Waals surface area contributed by atoms with Crippen molar-refractivity contribution in [1.82, 2.24) is 0 Å². The standard InChI is InChI=1S/C5H8F3IO/c1-2-3-10-5(8,9)4(6)7/h4H,2-3H2,1H3. The van der Waals surface area contributed by atoms with Crippen molar-refractivity contribution >= 4 is 22.6 Å². The zero-order valence-corrected chi connectivity index (χ0v) is 7.57.